The van der Waals surface area contributed by atoms with E-state index in [1.807, 2.05) is 55.1 Å². The number of benzene rings is 2. The van der Waals surface area contributed by atoms with Crippen LogP contribution in [0.1, 0.15) is 16.7 Å². The summed E-state index contributed by atoms with van der Waals surface area (Å²) in [7, 11) is 3.31. The van der Waals surface area contributed by atoms with E-state index in [0.29, 0.717) is 19.7 Å². The third-order valence-electron chi connectivity index (χ3n) is 4.49. The molecule has 1 amide bonds. The Bertz CT molecular complexity index is 780. The number of methoxy groups -OCH3 is 2. The Morgan fingerprint density at radius 2 is 1.96 bits per heavy atom. The van der Waals surface area contributed by atoms with E-state index in [2.05, 4.69) is 21.2 Å². The van der Waals surface area contributed by atoms with Gasteiger partial charge in [0.25, 0.3) is 0 Å². The highest BCUT2D eigenvalue weighted by Crippen LogP contribution is 2.24. The summed E-state index contributed by atoms with van der Waals surface area (Å²) >= 11 is 3.50. The predicted molar refractivity (Wildman–Crippen MR) is 112 cm³/mol. The Morgan fingerprint density at radius 3 is 2.67 bits per heavy atom. The average molecular weight is 435 g/mol. The van der Waals surface area contributed by atoms with Crippen molar-refractivity contribution >= 4 is 27.5 Å². The van der Waals surface area contributed by atoms with Crippen molar-refractivity contribution in [2.24, 2.45) is 0 Å². The summed E-state index contributed by atoms with van der Waals surface area (Å²) in [4.78, 5) is 14.7. The Labute approximate surface area is 169 Å². The fourth-order valence-corrected chi connectivity index (χ4v) is 3.23. The highest BCUT2D eigenvalue weighted by Gasteiger charge is 2.15. The molecule has 1 N–H and O–H groups in total. The van der Waals surface area contributed by atoms with E-state index >= 15 is 0 Å². The fraction of sp³-hybridized carbons (Fsp3) is 0.381. The molecular weight excluding hydrogens is 408 g/mol. The highest BCUT2D eigenvalue weighted by atomic mass is 79.9. The van der Waals surface area contributed by atoms with Crippen LogP contribution in [0.25, 0.3) is 0 Å². The second kappa shape index (κ2) is 10.4. The van der Waals surface area contributed by atoms with Gasteiger partial charge in [0.1, 0.15) is 5.75 Å². The van der Waals surface area contributed by atoms with E-state index in [0.717, 1.165) is 32.6 Å². The number of halogens is 1. The molecule has 0 aromatic heterocycles. The number of amides is 1. The minimum absolute atomic E-state index is 0.0474. The first kappa shape index (κ1) is 21.4. The molecule has 0 saturated heterocycles. The number of hydrogen-bond donors (Lipinski definition) is 1. The molecule has 0 heterocycles. The molecule has 2 aromatic rings. The lowest BCUT2D eigenvalue weighted by atomic mass is 10.1. The minimum atomic E-state index is -0.0474. The molecule has 0 radical (unpaired) electrons. The van der Waals surface area contributed by atoms with E-state index in [1.165, 1.54) is 0 Å². The molecule has 0 aliphatic rings. The number of rotatable bonds is 9. The fourth-order valence-electron chi connectivity index (χ4n) is 2.83. The molecule has 0 aliphatic heterocycles. The number of carbonyl (C=O) groups is 1. The van der Waals surface area contributed by atoms with Crippen molar-refractivity contribution in [1.82, 2.24) is 4.90 Å². The van der Waals surface area contributed by atoms with E-state index in [9.17, 15) is 4.79 Å². The summed E-state index contributed by atoms with van der Waals surface area (Å²) in [6.45, 7) is 6.10. The van der Waals surface area contributed by atoms with E-state index in [-0.39, 0.29) is 12.5 Å². The van der Waals surface area contributed by atoms with Gasteiger partial charge in [-0.05, 0) is 49.2 Å². The summed E-state index contributed by atoms with van der Waals surface area (Å²) in [5, 5.41) is 3.02. The first-order chi connectivity index (χ1) is 12.9. The van der Waals surface area contributed by atoms with Gasteiger partial charge in [-0.3, -0.25) is 9.69 Å². The van der Waals surface area contributed by atoms with Crippen LogP contribution in [0.2, 0.25) is 0 Å². The molecule has 0 aliphatic carbocycles. The number of ether oxygens (including phenoxy) is 2. The molecule has 0 spiro atoms. The number of carbonyl (C=O) groups excluding carboxylic acids is 1. The molecule has 0 atom stereocenters. The van der Waals surface area contributed by atoms with Gasteiger partial charge >= 0.3 is 0 Å². The van der Waals surface area contributed by atoms with Crippen LogP contribution in [0, 0.1) is 13.8 Å². The van der Waals surface area contributed by atoms with Crippen molar-refractivity contribution in [3.8, 4) is 5.75 Å². The van der Waals surface area contributed by atoms with Crippen LogP contribution in [0.5, 0.6) is 5.75 Å². The molecule has 146 valence electrons. The first-order valence-corrected chi connectivity index (χ1v) is 9.63. The summed E-state index contributed by atoms with van der Waals surface area (Å²) in [6.07, 6.45) is 0. The standard InChI is InChI=1S/C21H27BrN2O3/c1-15-6-5-7-19(16(15)2)23-21(25)14-24(10-11-26-3)13-17-12-18(22)8-9-20(17)27-4/h5-9,12H,10-11,13-14H2,1-4H3,(H,23,25). The van der Waals surface area contributed by atoms with Crippen molar-refractivity contribution in [2.45, 2.75) is 20.4 Å². The zero-order valence-electron chi connectivity index (χ0n) is 16.3. The molecule has 2 rings (SSSR count). The van der Waals surface area contributed by atoms with Gasteiger partial charge in [-0.2, -0.15) is 0 Å². The van der Waals surface area contributed by atoms with Crippen molar-refractivity contribution < 1.29 is 14.3 Å². The third-order valence-corrected chi connectivity index (χ3v) is 4.99. The topological polar surface area (TPSA) is 50.8 Å². The molecule has 0 saturated carbocycles. The molecule has 0 fully saturated rings. The zero-order chi connectivity index (χ0) is 19.8. The number of nitrogens with zero attached hydrogens (tertiary/aromatic N) is 1. The van der Waals surface area contributed by atoms with Crippen LogP contribution < -0.4 is 10.1 Å². The van der Waals surface area contributed by atoms with Crippen LogP contribution >= 0.6 is 15.9 Å². The molecule has 6 heteroatoms. The van der Waals surface area contributed by atoms with Crippen molar-refractivity contribution in [2.75, 3.05) is 39.2 Å². The van der Waals surface area contributed by atoms with Crippen LogP contribution in [-0.4, -0.2) is 44.7 Å². The van der Waals surface area contributed by atoms with Gasteiger partial charge in [0.05, 0.1) is 20.3 Å². The lowest BCUT2D eigenvalue weighted by Gasteiger charge is -2.23. The summed E-state index contributed by atoms with van der Waals surface area (Å²) in [5.74, 6) is 0.754. The van der Waals surface area contributed by atoms with E-state index in [4.69, 9.17) is 9.47 Å². The average Bonchev–Trinajstić information content (AvgIpc) is 2.63. The third kappa shape index (κ3) is 6.34. The number of anilines is 1. The summed E-state index contributed by atoms with van der Waals surface area (Å²) < 4.78 is 11.6. The lowest BCUT2D eigenvalue weighted by molar-refractivity contribution is -0.117. The molecule has 0 bridgehead atoms. The largest absolute Gasteiger partial charge is 0.496 e. The number of aryl methyl sites for hydroxylation is 1. The van der Waals surface area contributed by atoms with Crippen molar-refractivity contribution in [3.05, 3.63) is 57.6 Å². The van der Waals surface area contributed by atoms with Crippen LogP contribution in [-0.2, 0) is 16.1 Å². The lowest BCUT2D eigenvalue weighted by Crippen LogP contribution is -2.35. The Kier molecular flexibility index (Phi) is 8.28. The summed E-state index contributed by atoms with van der Waals surface area (Å²) in [5.41, 5.74) is 4.11. The molecule has 27 heavy (non-hydrogen) atoms. The maximum absolute atomic E-state index is 12.6. The van der Waals surface area contributed by atoms with Gasteiger partial charge in [0.15, 0.2) is 0 Å². The second-order valence-corrected chi connectivity index (χ2v) is 7.37. The SMILES string of the molecule is COCCN(CC(=O)Nc1cccc(C)c1C)Cc1cc(Br)ccc1OC. The minimum Gasteiger partial charge on any atom is -0.496 e. The maximum atomic E-state index is 12.6. The quantitative estimate of drug-likeness (QED) is 0.643. The molecule has 0 unspecified atom stereocenters. The van der Waals surface area contributed by atoms with Gasteiger partial charge in [-0.25, -0.2) is 0 Å². The maximum Gasteiger partial charge on any atom is 0.238 e. The van der Waals surface area contributed by atoms with Crippen LogP contribution in [0.4, 0.5) is 5.69 Å². The van der Waals surface area contributed by atoms with Crippen molar-refractivity contribution in [3.63, 3.8) is 0 Å². The van der Waals surface area contributed by atoms with Crippen LogP contribution in [0.15, 0.2) is 40.9 Å². The van der Waals surface area contributed by atoms with E-state index < -0.39 is 0 Å². The highest BCUT2D eigenvalue weighted by molar-refractivity contribution is 9.10. The smallest absolute Gasteiger partial charge is 0.238 e. The molecular formula is C21H27BrN2O3. The van der Waals surface area contributed by atoms with E-state index in [1.54, 1.807) is 14.2 Å². The summed E-state index contributed by atoms with van der Waals surface area (Å²) in [6, 6.07) is 11.8. The van der Waals surface area contributed by atoms with Crippen molar-refractivity contribution in [1.29, 1.82) is 0 Å². The monoisotopic (exact) mass is 434 g/mol. The second-order valence-electron chi connectivity index (χ2n) is 6.46. The molecule has 5 nitrogen and oxygen atoms in total. The van der Waals surface area contributed by atoms with Gasteiger partial charge in [0, 0.05) is 35.9 Å². The van der Waals surface area contributed by atoms with Gasteiger partial charge in [0.2, 0.25) is 5.91 Å². The first-order valence-electron chi connectivity index (χ1n) is 8.84. The predicted octanol–water partition coefficient (Wildman–Crippen LogP) is 4.16. The Hall–Kier alpha value is -1.89. The molecule has 2 aromatic carbocycles. The zero-order valence-corrected chi connectivity index (χ0v) is 17.9. The number of hydrogen-bond acceptors (Lipinski definition) is 4. The Balaban J connectivity index is 2.10. The number of nitrogens with one attached hydrogen (secondary N) is 1. The Morgan fingerprint density at radius 1 is 1.19 bits per heavy atom. The van der Waals surface area contributed by atoms with Gasteiger partial charge in [-0.1, -0.05) is 28.1 Å². The normalized spacial score (nSPS) is 10.9. The van der Waals surface area contributed by atoms with Gasteiger partial charge in [-0.15, -0.1) is 0 Å². The van der Waals surface area contributed by atoms with Gasteiger partial charge < -0.3 is 14.8 Å². The van der Waals surface area contributed by atoms with Crippen LogP contribution in [0.3, 0.4) is 0 Å².